The normalized spacial score (nSPS) is 12.6. The van der Waals surface area contributed by atoms with Gasteiger partial charge in [-0.05, 0) is 18.2 Å². The molecule has 0 aliphatic rings. The number of H-pyrrole nitrogens is 1. The molecule has 0 atom stereocenters. The molecular weight excluding hydrogens is 333 g/mol. The van der Waals surface area contributed by atoms with E-state index >= 15 is 0 Å². The Labute approximate surface area is 122 Å². The summed E-state index contributed by atoms with van der Waals surface area (Å²) >= 11 is 5.43. The van der Waals surface area contributed by atoms with Gasteiger partial charge >= 0.3 is 6.18 Å². The molecule has 114 valence electrons. The summed E-state index contributed by atoms with van der Waals surface area (Å²) in [5.74, 6) is 0.226. The van der Waals surface area contributed by atoms with Crippen LogP contribution in [0.4, 0.5) is 13.2 Å². The molecule has 0 unspecified atom stereocenters. The van der Waals surface area contributed by atoms with Crippen molar-refractivity contribution in [3.05, 3.63) is 40.9 Å². The van der Waals surface area contributed by atoms with E-state index in [-0.39, 0.29) is 12.4 Å². The average molecular weight is 341 g/mol. The number of alkyl halides is 3. The van der Waals surface area contributed by atoms with E-state index < -0.39 is 31.7 Å². The molecule has 1 aromatic heterocycles. The smallest absolute Gasteiger partial charge is 0.262 e. The first-order valence-corrected chi connectivity index (χ1v) is 7.27. The van der Waals surface area contributed by atoms with Gasteiger partial charge in [0, 0.05) is 0 Å². The van der Waals surface area contributed by atoms with Crippen molar-refractivity contribution < 1.29 is 21.6 Å². The van der Waals surface area contributed by atoms with Crippen LogP contribution < -0.4 is 4.72 Å². The molecule has 0 radical (unpaired) electrons. The predicted molar refractivity (Wildman–Crippen MR) is 66.9 cm³/mol. The molecule has 0 spiro atoms. The number of halogens is 4. The standard InChI is InChI=1S/C10H8ClF3N4O2S/c11-8-2-1-6(3-7(8)10(12,13)14)21(19,20)17-4-9-15-5-16-18-9/h1-3,5,17H,4H2,(H,15,16,18). The maximum atomic E-state index is 12.7. The van der Waals surface area contributed by atoms with Gasteiger partial charge in [0.25, 0.3) is 0 Å². The highest BCUT2D eigenvalue weighted by Crippen LogP contribution is 2.35. The van der Waals surface area contributed by atoms with Crippen molar-refractivity contribution in [2.75, 3.05) is 0 Å². The lowest BCUT2D eigenvalue weighted by atomic mass is 10.2. The summed E-state index contributed by atoms with van der Waals surface area (Å²) in [4.78, 5) is 3.15. The fraction of sp³-hybridized carbons (Fsp3) is 0.200. The minimum absolute atomic E-state index is 0.226. The zero-order valence-corrected chi connectivity index (χ0v) is 11.7. The van der Waals surface area contributed by atoms with E-state index in [2.05, 4.69) is 19.9 Å². The molecule has 0 aliphatic heterocycles. The van der Waals surface area contributed by atoms with Gasteiger partial charge in [-0.1, -0.05) is 11.6 Å². The van der Waals surface area contributed by atoms with E-state index in [1.54, 1.807) is 0 Å². The third-order valence-corrected chi connectivity index (χ3v) is 4.18. The number of benzene rings is 1. The van der Waals surface area contributed by atoms with Crippen molar-refractivity contribution in [1.82, 2.24) is 19.9 Å². The van der Waals surface area contributed by atoms with Crippen molar-refractivity contribution in [2.45, 2.75) is 17.6 Å². The minimum Gasteiger partial charge on any atom is -0.262 e. The second kappa shape index (κ2) is 5.62. The fourth-order valence-electron chi connectivity index (χ4n) is 1.45. The van der Waals surface area contributed by atoms with Gasteiger partial charge in [-0.2, -0.15) is 18.3 Å². The third-order valence-electron chi connectivity index (χ3n) is 2.45. The Morgan fingerprint density at radius 2 is 2.05 bits per heavy atom. The molecule has 2 N–H and O–H groups in total. The summed E-state index contributed by atoms with van der Waals surface area (Å²) in [7, 11) is -4.13. The van der Waals surface area contributed by atoms with Crippen LogP contribution in [0.25, 0.3) is 0 Å². The molecule has 21 heavy (non-hydrogen) atoms. The molecule has 6 nitrogen and oxygen atoms in total. The first-order chi connectivity index (χ1) is 9.70. The maximum Gasteiger partial charge on any atom is 0.417 e. The highest BCUT2D eigenvalue weighted by atomic mass is 35.5. The van der Waals surface area contributed by atoms with Crippen LogP contribution in [-0.2, 0) is 22.7 Å². The summed E-state index contributed by atoms with van der Waals surface area (Å²) in [6.07, 6.45) is -3.57. The van der Waals surface area contributed by atoms with Crippen molar-refractivity contribution in [1.29, 1.82) is 0 Å². The molecular formula is C10H8ClF3N4O2S. The number of aromatic nitrogens is 3. The second-order valence-electron chi connectivity index (χ2n) is 3.90. The van der Waals surface area contributed by atoms with E-state index in [1.165, 1.54) is 6.33 Å². The lowest BCUT2D eigenvalue weighted by Gasteiger charge is -2.11. The highest BCUT2D eigenvalue weighted by Gasteiger charge is 2.34. The zero-order chi connectivity index (χ0) is 15.7. The SMILES string of the molecule is O=S(=O)(NCc1ncn[nH]1)c1ccc(Cl)c(C(F)(F)F)c1. The highest BCUT2D eigenvalue weighted by molar-refractivity contribution is 7.89. The van der Waals surface area contributed by atoms with E-state index in [0.717, 1.165) is 12.1 Å². The molecule has 1 aromatic carbocycles. The van der Waals surface area contributed by atoms with E-state index in [1.807, 2.05) is 0 Å². The molecule has 0 bridgehead atoms. The van der Waals surface area contributed by atoms with Crippen molar-refractivity contribution >= 4 is 21.6 Å². The van der Waals surface area contributed by atoms with Gasteiger partial charge in [0.05, 0.1) is 22.0 Å². The second-order valence-corrected chi connectivity index (χ2v) is 6.07. The average Bonchev–Trinajstić information content (AvgIpc) is 2.88. The first-order valence-electron chi connectivity index (χ1n) is 5.41. The van der Waals surface area contributed by atoms with Crippen molar-refractivity contribution in [2.24, 2.45) is 0 Å². The summed E-state index contributed by atoms with van der Waals surface area (Å²) in [6, 6.07) is 2.35. The Kier molecular flexibility index (Phi) is 4.21. The summed E-state index contributed by atoms with van der Waals surface area (Å²) in [5.41, 5.74) is -1.22. The number of hydrogen-bond donors (Lipinski definition) is 2. The van der Waals surface area contributed by atoms with Gasteiger partial charge in [0.1, 0.15) is 12.2 Å². The topological polar surface area (TPSA) is 87.7 Å². The van der Waals surface area contributed by atoms with Gasteiger partial charge in [-0.25, -0.2) is 18.1 Å². The number of rotatable bonds is 4. The molecule has 1 heterocycles. The van der Waals surface area contributed by atoms with Crippen LogP contribution in [-0.4, -0.2) is 23.6 Å². The lowest BCUT2D eigenvalue weighted by molar-refractivity contribution is -0.137. The predicted octanol–water partition coefficient (Wildman–Crippen LogP) is 1.96. The van der Waals surface area contributed by atoms with Crippen LogP contribution in [0.3, 0.4) is 0 Å². The fourth-order valence-corrected chi connectivity index (χ4v) is 2.69. The van der Waals surface area contributed by atoms with Crippen LogP contribution in [0.15, 0.2) is 29.4 Å². The number of nitrogens with one attached hydrogen (secondary N) is 2. The summed E-state index contributed by atoms with van der Waals surface area (Å²) in [6.45, 7) is -0.230. The Hall–Kier alpha value is -1.65. The van der Waals surface area contributed by atoms with Crippen LogP contribution >= 0.6 is 11.6 Å². The van der Waals surface area contributed by atoms with Crippen LogP contribution in [0.1, 0.15) is 11.4 Å². The Bertz CT molecular complexity index is 731. The minimum atomic E-state index is -4.74. The monoisotopic (exact) mass is 340 g/mol. The Morgan fingerprint density at radius 1 is 1.33 bits per heavy atom. The molecule has 0 saturated carbocycles. The first kappa shape index (κ1) is 15.7. The van der Waals surface area contributed by atoms with Crippen LogP contribution in [0.5, 0.6) is 0 Å². The third kappa shape index (κ3) is 3.71. The van der Waals surface area contributed by atoms with E-state index in [9.17, 15) is 21.6 Å². The molecule has 11 heteroatoms. The van der Waals surface area contributed by atoms with Crippen molar-refractivity contribution in [3.8, 4) is 0 Å². The molecule has 0 aliphatic carbocycles. The largest absolute Gasteiger partial charge is 0.417 e. The molecule has 2 rings (SSSR count). The van der Waals surface area contributed by atoms with E-state index in [0.29, 0.717) is 6.07 Å². The Morgan fingerprint density at radius 3 is 2.62 bits per heavy atom. The molecule has 2 aromatic rings. The Balaban J connectivity index is 2.28. The van der Waals surface area contributed by atoms with Gasteiger partial charge < -0.3 is 0 Å². The van der Waals surface area contributed by atoms with Gasteiger partial charge in [-0.15, -0.1) is 0 Å². The number of nitrogens with zero attached hydrogens (tertiary/aromatic N) is 2. The number of hydrogen-bond acceptors (Lipinski definition) is 4. The van der Waals surface area contributed by atoms with Crippen molar-refractivity contribution in [3.63, 3.8) is 0 Å². The summed E-state index contributed by atoms with van der Waals surface area (Å²) in [5, 5.41) is 5.36. The zero-order valence-electron chi connectivity index (χ0n) is 10.1. The van der Waals surface area contributed by atoms with Gasteiger partial charge in [-0.3, -0.25) is 5.10 Å². The maximum absolute atomic E-state index is 12.7. The van der Waals surface area contributed by atoms with Crippen LogP contribution in [0.2, 0.25) is 5.02 Å². The number of sulfonamides is 1. The van der Waals surface area contributed by atoms with Crippen LogP contribution in [0, 0.1) is 0 Å². The summed E-state index contributed by atoms with van der Waals surface area (Å²) < 4.78 is 64.1. The van der Waals surface area contributed by atoms with Gasteiger partial charge in [0.15, 0.2) is 0 Å². The number of aromatic amines is 1. The molecule has 0 amide bonds. The lowest BCUT2D eigenvalue weighted by Crippen LogP contribution is -2.24. The quantitative estimate of drug-likeness (QED) is 0.890. The van der Waals surface area contributed by atoms with E-state index in [4.69, 9.17) is 11.6 Å². The molecule has 0 saturated heterocycles. The molecule has 0 fully saturated rings. The van der Waals surface area contributed by atoms with Gasteiger partial charge in [0.2, 0.25) is 10.0 Å².